The summed E-state index contributed by atoms with van der Waals surface area (Å²) in [5.74, 6) is 0. The highest BCUT2D eigenvalue weighted by Gasteiger charge is 2.31. The summed E-state index contributed by atoms with van der Waals surface area (Å²) in [5.41, 5.74) is -0.274. The van der Waals surface area contributed by atoms with Crippen LogP contribution >= 0.6 is 0 Å². The molecule has 1 aromatic carbocycles. The monoisotopic (exact) mass is 313 g/mol. The first-order valence-corrected chi connectivity index (χ1v) is 7.44. The van der Waals surface area contributed by atoms with Crippen LogP contribution in [0.2, 0.25) is 0 Å². The van der Waals surface area contributed by atoms with Crippen LogP contribution in [0.15, 0.2) is 23.0 Å². The van der Waals surface area contributed by atoms with E-state index in [1.807, 2.05) is 0 Å². The molecule has 1 N–H and O–H groups in total. The van der Waals surface area contributed by atoms with E-state index in [-0.39, 0.29) is 17.2 Å². The summed E-state index contributed by atoms with van der Waals surface area (Å²) < 4.78 is 39.9. The first-order chi connectivity index (χ1) is 10.4. The van der Waals surface area contributed by atoms with E-state index in [2.05, 4.69) is 16.8 Å². The van der Waals surface area contributed by atoms with Crippen molar-refractivity contribution in [1.29, 1.82) is 0 Å². The van der Waals surface area contributed by atoms with Crippen molar-refractivity contribution in [1.82, 2.24) is 14.5 Å². The molecule has 0 unspecified atom stereocenters. The second kappa shape index (κ2) is 5.46. The number of benzene rings is 1. The molecular formula is C15H18F3N3O. The van der Waals surface area contributed by atoms with E-state index in [9.17, 15) is 18.0 Å². The number of nitrogens with zero attached hydrogens (tertiary/aromatic N) is 2. The molecule has 120 valence electrons. The molecule has 0 radical (unpaired) electrons. The molecule has 7 heteroatoms. The molecule has 0 bridgehead atoms. The minimum atomic E-state index is -4.40. The molecule has 0 spiro atoms. The average Bonchev–Trinajstić information content (AvgIpc) is 2.81. The van der Waals surface area contributed by atoms with E-state index >= 15 is 0 Å². The van der Waals surface area contributed by atoms with Crippen molar-refractivity contribution in [2.24, 2.45) is 0 Å². The van der Waals surface area contributed by atoms with Crippen LogP contribution in [0, 0.1) is 0 Å². The van der Waals surface area contributed by atoms with E-state index in [4.69, 9.17) is 0 Å². The molecule has 3 rings (SSSR count). The first-order valence-electron chi connectivity index (χ1n) is 7.44. The predicted octanol–water partition coefficient (Wildman–Crippen LogP) is 3.01. The van der Waals surface area contributed by atoms with Crippen LogP contribution in [0.3, 0.4) is 0 Å². The van der Waals surface area contributed by atoms with E-state index in [0.29, 0.717) is 5.52 Å². The quantitative estimate of drug-likeness (QED) is 0.926. The third kappa shape index (κ3) is 2.65. The Kier molecular flexibility index (Phi) is 3.76. The second-order valence-electron chi connectivity index (χ2n) is 5.70. The molecule has 2 aromatic rings. The van der Waals surface area contributed by atoms with E-state index in [1.165, 1.54) is 6.07 Å². The number of hydrogen-bond acceptors (Lipinski definition) is 2. The summed E-state index contributed by atoms with van der Waals surface area (Å²) in [5, 5.41) is 0. The van der Waals surface area contributed by atoms with Gasteiger partial charge < -0.3 is 9.88 Å². The van der Waals surface area contributed by atoms with Crippen molar-refractivity contribution >= 4 is 11.0 Å². The molecule has 2 heterocycles. The zero-order valence-electron chi connectivity index (χ0n) is 12.3. The van der Waals surface area contributed by atoms with Gasteiger partial charge in [0.15, 0.2) is 0 Å². The minimum absolute atomic E-state index is 0.0424. The number of piperidine rings is 1. The normalized spacial score (nSPS) is 18.2. The molecule has 0 saturated carbocycles. The molecule has 0 aliphatic carbocycles. The number of aromatic nitrogens is 2. The Labute approximate surface area is 125 Å². The van der Waals surface area contributed by atoms with Gasteiger partial charge in [-0.2, -0.15) is 13.2 Å². The Balaban J connectivity index is 1.97. The number of fused-ring (bicyclic) bond motifs is 1. The van der Waals surface area contributed by atoms with Gasteiger partial charge in [-0.15, -0.1) is 0 Å². The summed E-state index contributed by atoms with van der Waals surface area (Å²) >= 11 is 0. The summed E-state index contributed by atoms with van der Waals surface area (Å²) in [4.78, 5) is 17.0. The van der Waals surface area contributed by atoms with Gasteiger partial charge in [-0.3, -0.25) is 4.57 Å². The number of H-pyrrole nitrogens is 1. The van der Waals surface area contributed by atoms with Crippen molar-refractivity contribution < 1.29 is 13.2 Å². The third-order valence-corrected chi connectivity index (χ3v) is 4.41. The Morgan fingerprint density at radius 1 is 1.27 bits per heavy atom. The van der Waals surface area contributed by atoms with E-state index in [1.54, 1.807) is 4.57 Å². The lowest BCUT2D eigenvalue weighted by atomic mass is 10.0. The lowest BCUT2D eigenvalue weighted by Crippen LogP contribution is -2.36. The highest BCUT2D eigenvalue weighted by Crippen LogP contribution is 2.32. The Morgan fingerprint density at radius 2 is 1.95 bits per heavy atom. The molecule has 4 nitrogen and oxygen atoms in total. The lowest BCUT2D eigenvalue weighted by molar-refractivity contribution is -0.137. The Bertz CT molecular complexity index is 724. The smallest absolute Gasteiger partial charge is 0.306 e. The molecule has 0 amide bonds. The number of aromatic amines is 1. The van der Waals surface area contributed by atoms with Gasteiger partial charge in [-0.25, -0.2) is 4.79 Å². The van der Waals surface area contributed by atoms with Crippen LogP contribution in [0.4, 0.5) is 13.2 Å². The average molecular weight is 313 g/mol. The molecule has 0 atom stereocenters. The minimum Gasteiger partial charge on any atom is -0.306 e. The number of imidazole rings is 1. The molecule has 1 fully saturated rings. The summed E-state index contributed by atoms with van der Waals surface area (Å²) in [7, 11) is 0. The van der Waals surface area contributed by atoms with Gasteiger partial charge in [0.25, 0.3) is 0 Å². The summed E-state index contributed by atoms with van der Waals surface area (Å²) in [6.07, 6.45) is -2.73. The van der Waals surface area contributed by atoms with Crippen LogP contribution in [0.1, 0.15) is 31.4 Å². The third-order valence-electron chi connectivity index (χ3n) is 4.41. The largest absolute Gasteiger partial charge is 0.416 e. The summed E-state index contributed by atoms with van der Waals surface area (Å²) in [6, 6.07) is 3.48. The number of rotatable bonds is 2. The zero-order chi connectivity index (χ0) is 15.9. The van der Waals surface area contributed by atoms with Crippen molar-refractivity contribution in [3.05, 3.63) is 34.2 Å². The number of alkyl halides is 3. The maximum absolute atomic E-state index is 12.8. The topological polar surface area (TPSA) is 41.0 Å². The molecule has 1 saturated heterocycles. The Hall–Kier alpha value is -1.76. The fourth-order valence-electron chi connectivity index (χ4n) is 3.16. The van der Waals surface area contributed by atoms with Crippen LogP contribution < -0.4 is 5.69 Å². The van der Waals surface area contributed by atoms with Crippen LogP contribution in [0.25, 0.3) is 11.0 Å². The van der Waals surface area contributed by atoms with Crippen molar-refractivity contribution in [3.8, 4) is 0 Å². The maximum Gasteiger partial charge on any atom is 0.416 e. The number of halogens is 3. The van der Waals surface area contributed by atoms with Gasteiger partial charge in [0, 0.05) is 19.1 Å². The number of likely N-dealkylation sites (tertiary alicyclic amines) is 1. The van der Waals surface area contributed by atoms with Crippen LogP contribution in [-0.4, -0.2) is 34.1 Å². The fourth-order valence-corrected chi connectivity index (χ4v) is 3.16. The Morgan fingerprint density at radius 3 is 2.55 bits per heavy atom. The number of hydrogen-bond donors (Lipinski definition) is 1. The van der Waals surface area contributed by atoms with E-state index in [0.717, 1.165) is 44.6 Å². The predicted molar refractivity (Wildman–Crippen MR) is 77.9 cm³/mol. The van der Waals surface area contributed by atoms with Crippen molar-refractivity contribution in [2.45, 2.75) is 32.0 Å². The molecule has 1 aliphatic heterocycles. The second-order valence-corrected chi connectivity index (χ2v) is 5.70. The zero-order valence-corrected chi connectivity index (χ0v) is 12.3. The molecule has 22 heavy (non-hydrogen) atoms. The molecule has 1 aromatic heterocycles. The molecular weight excluding hydrogens is 295 g/mol. The standard InChI is InChI=1S/C15H18F3N3O/c1-2-20-7-5-11(6-8-20)21-13-4-3-10(15(16,17)18)9-12(13)19-14(21)22/h3-4,9,11H,2,5-8H2,1H3,(H,19,22). The SMILES string of the molecule is CCN1CCC(n2c(=O)[nH]c3cc(C(F)(F)F)ccc32)CC1. The van der Waals surface area contributed by atoms with Crippen molar-refractivity contribution in [3.63, 3.8) is 0 Å². The first kappa shape index (κ1) is 15.1. The van der Waals surface area contributed by atoms with Crippen LogP contribution in [0.5, 0.6) is 0 Å². The van der Waals surface area contributed by atoms with Crippen LogP contribution in [-0.2, 0) is 6.18 Å². The fraction of sp³-hybridized carbons (Fsp3) is 0.533. The highest BCUT2D eigenvalue weighted by atomic mass is 19.4. The number of nitrogens with one attached hydrogen (secondary N) is 1. The summed E-state index contributed by atoms with van der Waals surface area (Å²) in [6.45, 7) is 4.88. The highest BCUT2D eigenvalue weighted by molar-refractivity contribution is 5.76. The van der Waals surface area contributed by atoms with Gasteiger partial charge >= 0.3 is 11.9 Å². The van der Waals surface area contributed by atoms with Gasteiger partial charge in [0.1, 0.15) is 0 Å². The van der Waals surface area contributed by atoms with Gasteiger partial charge in [-0.1, -0.05) is 6.92 Å². The van der Waals surface area contributed by atoms with Gasteiger partial charge in [-0.05, 0) is 37.6 Å². The van der Waals surface area contributed by atoms with Crippen molar-refractivity contribution in [2.75, 3.05) is 19.6 Å². The lowest BCUT2D eigenvalue weighted by Gasteiger charge is -2.31. The van der Waals surface area contributed by atoms with E-state index < -0.39 is 11.7 Å². The van der Waals surface area contributed by atoms with Gasteiger partial charge in [0.2, 0.25) is 0 Å². The van der Waals surface area contributed by atoms with Gasteiger partial charge in [0.05, 0.1) is 16.6 Å². The molecule has 1 aliphatic rings. The maximum atomic E-state index is 12.8.